The summed E-state index contributed by atoms with van der Waals surface area (Å²) in [4.78, 5) is 4.26. The number of pyridine rings is 1. The molecule has 2 heteroatoms. The molecule has 0 saturated heterocycles. The van der Waals surface area contributed by atoms with E-state index >= 15 is 0 Å². The van der Waals surface area contributed by atoms with E-state index in [9.17, 15) is 0 Å². The van der Waals surface area contributed by atoms with Gasteiger partial charge in [-0.25, -0.2) is 0 Å². The van der Waals surface area contributed by atoms with Crippen LogP contribution in [-0.2, 0) is 12.1 Å². The zero-order valence-corrected chi connectivity index (χ0v) is 15.1. The van der Waals surface area contributed by atoms with Gasteiger partial charge >= 0.3 is 0 Å². The van der Waals surface area contributed by atoms with Crippen molar-refractivity contribution in [3.05, 3.63) is 138 Å². The second-order valence-corrected chi connectivity index (χ2v) is 6.56. The van der Waals surface area contributed by atoms with Crippen molar-refractivity contribution in [1.29, 1.82) is 0 Å². The summed E-state index contributed by atoms with van der Waals surface area (Å²) < 4.78 is 0. The van der Waals surface area contributed by atoms with Crippen molar-refractivity contribution in [2.24, 2.45) is 0 Å². The molecule has 0 aliphatic carbocycles. The first kappa shape index (κ1) is 17.2. The van der Waals surface area contributed by atoms with E-state index in [0.29, 0.717) is 6.54 Å². The molecule has 0 saturated carbocycles. The maximum absolute atomic E-state index is 4.26. The first-order valence-electron chi connectivity index (χ1n) is 9.20. The Morgan fingerprint density at radius 1 is 0.593 bits per heavy atom. The number of hydrogen-bond donors (Lipinski definition) is 1. The lowest BCUT2D eigenvalue weighted by Gasteiger charge is -2.37. The summed E-state index contributed by atoms with van der Waals surface area (Å²) >= 11 is 0. The summed E-state index contributed by atoms with van der Waals surface area (Å²) in [6, 6.07) is 36.0. The summed E-state index contributed by atoms with van der Waals surface area (Å²) in [6.45, 7) is 0.715. The van der Waals surface area contributed by atoms with Gasteiger partial charge in [-0.05, 0) is 28.3 Å². The van der Waals surface area contributed by atoms with Gasteiger partial charge < -0.3 is 0 Å². The lowest BCUT2D eigenvalue weighted by atomic mass is 9.77. The third-order valence-electron chi connectivity index (χ3n) is 4.90. The molecular formula is C25H22N2. The van der Waals surface area contributed by atoms with Gasteiger partial charge in [-0.3, -0.25) is 10.3 Å². The maximum Gasteiger partial charge on any atom is 0.0950 e. The second kappa shape index (κ2) is 7.98. The lowest BCUT2D eigenvalue weighted by molar-refractivity contribution is 0.470. The highest BCUT2D eigenvalue weighted by molar-refractivity contribution is 5.49. The SMILES string of the molecule is c1ccc(C(NCc2cccnc2)(c2ccccc2)c2ccccc2)cc1. The van der Waals surface area contributed by atoms with Crippen LogP contribution in [0.5, 0.6) is 0 Å². The van der Waals surface area contributed by atoms with Crippen molar-refractivity contribution in [2.75, 3.05) is 0 Å². The monoisotopic (exact) mass is 350 g/mol. The van der Waals surface area contributed by atoms with Gasteiger partial charge in [0.2, 0.25) is 0 Å². The molecule has 1 N–H and O–H groups in total. The van der Waals surface area contributed by atoms with E-state index in [1.165, 1.54) is 16.7 Å². The van der Waals surface area contributed by atoms with Crippen LogP contribution in [0.3, 0.4) is 0 Å². The number of hydrogen-bond acceptors (Lipinski definition) is 2. The van der Waals surface area contributed by atoms with E-state index in [4.69, 9.17) is 0 Å². The van der Waals surface area contributed by atoms with E-state index in [1.54, 1.807) is 0 Å². The quantitative estimate of drug-likeness (QED) is 0.486. The average molecular weight is 350 g/mol. The van der Waals surface area contributed by atoms with Gasteiger partial charge in [-0.15, -0.1) is 0 Å². The van der Waals surface area contributed by atoms with Crippen LogP contribution in [0.2, 0.25) is 0 Å². The predicted molar refractivity (Wildman–Crippen MR) is 110 cm³/mol. The van der Waals surface area contributed by atoms with Crippen molar-refractivity contribution in [3.8, 4) is 0 Å². The third-order valence-corrected chi connectivity index (χ3v) is 4.90. The van der Waals surface area contributed by atoms with Gasteiger partial charge in [0, 0.05) is 18.9 Å². The van der Waals surface area contributed by atoms with Gasteiger partial charge in [0.05, 0.1) is 5.54 Å². The minimum absolute atomic E-state index is 0.445. The summed E-state index contributed by atoms with van der Waals surface area (Å²) in [5.41, 5.74) is 4.35. The number of nitrogens with one attached hydrogen (secondary N) is 1. The Labute approximate surface area is 160 Å². The largest absolute Gasteiger partial charge is 0.296 e. The zero-order chi connectivity index (χ0) is 18.4. The van der Waals surface area contributed by atoms with Crippen LogP contribution in [0.25, 0.3) is 0 Å². The van der Waals surface area contributed by atoms with Crippen molar-refractivity contribution in [1.82, 2.24) is 10.3 Å². The van der Waals surface area contributed by atoms with Gasteiger partial charge in [0.15, 0.2) is 0 Å². The van der Waals surface area contributed by atoms with Crippen LogP contribution in [0.15, 0.2) is 116 Å². The van der Waals surface area contributed by atoms with Crippen LogP contribution in [-0.4, -0.2) is 4.98 Å². The summed E-state index contributed by atoms with van der Waals surface area (Å²) in [7, 11) is 0. The molecule has 4 rings (SSSR count). The van der Waals surface area contributed by atoms with E-state index in [1.807, 2.05) is 18.5 Å². The summed E-state index contributed by atoms with van der Waals surface area (Å²) in [5.74, 6) is 0. The molecule has 0 amide bonds. The summed E-state index contributed by atoms with van der Waals surface area (Å²) in [5, 5.41) is 3.86. The molecule has 1 heterocycles. The van der Waals surface area contributed by atoms with Gasteiger partial charge in [-0.1, -0.05) is 97.1 Å². The molecule has 0 aliphatic rings. The molecule has 0 bridgehead atoms. The lowest BCUT2D eigenvalue weighted by Crippen LogP contribution is -2.44. The molecule has 3 aromatic carbocycles. The fourth-order valence-electron chi connectivity index (χ4n) is 3.61. The van der Waals surface area contributed by atoms with Crippen molar-refractivity contribution in [3.63, 3.8) is 0 Å². The number of rotatable bonds is 6. The first-order valence-corrected chi connectivity index (χ1v) is 9.20. The maximum atomic E-state index is 4.26. The fraction of sp³-hybridized carbons (Fsp3) is 0.0800. The second-order valence-electron chi connectivity index (χ2n) is 6.56. The van der Waals surface area contributed by atoms with Crippen molar-refractivity contribution >= 4 is 0 Å². The van der Waals surface area contributed by atoms with Crippen LogP contribution < -0.4 is 5.32 Å². The topological polar surface area (TPSA) is 24.9 Å². The Bertz CT molecular complexity index is 855. The molecule has 0 unspecified atom stereocenters. The molecule has 0 fully saturated rings. The molecule has 4 aromatic rings. The van der Waals surface area contributed by atoms with Crippen LogP contribution in [0.1, 0.15) is 22.3 Å². The molecule has 132 valence electrons. The molecule has 0 atom stereocenters. The minimum Gasteiger partial charge on any atom is -0.296 e. The van der Waals surface area contributed by atoms with Gasteiger partial charge in [-0.2, -0.15) is 0 Å². The third kappa shape index (κ3) is 3.53. The molecular weight excluding hydrogens is 328 g/mol. The average Bonchev–Trinajstić information content (AvgIpc) is 2.77. The molecule has 0 spiro atoms. The van der Waals surface area contributed by atoms with E-state index in [-0.39, 0.29) is 0 Å². The fourth-order valence-corrected chi connectivity index (χ4v) is 3.61. The van der Waals surface area contributed by atoms with Crippen molar-refractivity contribution < 1.29 is 0 Å². The standard InChI is InChI=1S/C25H22N2/c1-4-12-22(13-5-1)25(23-14-6-2-7-15-23,24-16-8-3-9-17-24)27-20-21-11-10-18-26-19-21/h1-19,27H,20H2. The molecule has 0 radical (unpaired) electrons. The minimum atomic E-state index is -0.445. The highest BCUT2D eigenvalue weighted by Gasteiger charge is 2.35. The van der Waals surface area contributed by atoms with E-state index in [2.05, 4.69) is 107 Å². The molecule has 27 heavy (non-hydrogen) atoms. The number of benzene rings is 3. The zero-order valence-electron chi connectivity index (χ0n) is 15.1. The van der Waals surface area contributed by atoms with Crippen LogP contribution in [0.4, 0.5) is 0 Å². The molecule has 1 aromatic heterocycles. The Morgan fingerprint density at radius 2 is 1.07 bits per heavy atom. The highest BCUT2D eigenvalue weighted by Crippen LogP contribution is 2.36. The van der Waals surface area contributed by atoms with Crippen LogP contribution in [0, 0.1) is 0 Å². The van der Waals surface area contributed by atoms with Gasteiger partial charge in [0.25, 0.3) is 0 Å². The van der Waals surface area contributed by atoms with E-state index < -0.39 is 5.54 Å². The molecule has 0 aliphatic heterocycles. The smallest absolute Gasteiger partial charge is 0.0950 e. The Morgan fingerprint density at radius 3 is 1.48 bits per heavy atom. The Hall–Kier alpha value is -3.23. The molecule has 2 nitrogen and oxygen atoms in total. The normalized spacial score (nSPS) is 11.3. The highest BCUT2D eigenvalue weighted by atomic mass is 15.0. The Kier molecular flexibility index (Phi) is 5.08. The Balaban J connectivity index is 1.89. The number of nitrogens with zero attached hydrogens (tertiary/aromatic N) is 1. The van der Waals surface area contributed by atoms with E-state index in [0.717, 1.165) is 5.56 Å². The van der Waals surface area contributed by atoms with Gasteiger partial charge in [0.1, 0.15) is 0 Å². The van der Waals surface area contributed by atoms with Crippen molar-refractivity contribution in [2.45, 2.75) is 12.1 Å². The first-order chi connectivity index (χ1) is 13.4. The number of aromatic nitrogens is 1. The van der Waals surface area contributed by atoms with Crippen LogP contribution >= 0.6 is 0 Å². The predicted octanol–water partition coefficient (Wildman–Crippen LogP) is 5.16. The summed E-state index contributed by atoms with van der Waals surface area (Å²) in [6.07, 6.45) is 3.72.